The van der Waals surface area contributed by atoms with E-state index in [1.807, 2.05) is 0 Å². The second-order valence-electron chi connectivity index (χ2n) is 7.43. The number of hydrogen-bond donors (Lipinski definition) is 3. The summed E-state index contributed by atoms with van der Waals surface area (Å²) in [4.78, 5) is 22.7. The molecule has 2 atom stereocenters. The van der Waals surface area contributed by atoms with Crippen molar-refractivity contribution in [1.29, 1.82) is 0 Å². The smallest absolute Gasteiger partial charge is 0.328 e. The number of aliphatic hydroxyl groups excluding tert-OH is 1. The van der Waals surface area contributed by atoms with Crippen LogP contribution in [0.2, 0.25) is 0 Å². The molecule has 5 nitrogen and oxygen atoms in total. The van der Waals surface area contributed by atoms with Gasteiger partial charge in [-0.1, -0.05) is 74.1 Å². The Hall–Kier alpha value is -2.40. The summed E-state index contributed by atoms with van der Waals surface area (Å²) in [7, 11) is 0. The van der Waals surface area contributed by atoms with E-state index < -0.39 is 18.1 Å². The number of hydrogen-bond acceptors (Lipinski definition) is 3. The summed E-state index contributed by atoms with van der Waals surface area (Å²) in [6, 6.07) is -1.24. The van der Waals surface area contributed by atoms with Crippen molar-refractivity contribution in [3.8, 4) is 0 Å². The molecule has 174 valence electrons. The molecule has 0 rings (SSSR count). The molecular formula is C26H41NO4. The summed E-state index contributed by atoms with van der Waals surface area (Å²) in [6.07, 6.45) is 29.5. The van der Waals surface area contributed by atoms with Gasteiger partial charge in [-0.3, -0.25) is 4.79 Å². The third kappa shape index (κ3) is 19.3. The van der Waals surface area contributed by atoms with E-state index in [0.717, 1.165) is 51.4 Å². The Morgan fingerprint density at radius 1 is 0.774 bits per heavy atom. The van der Waals surface area contributed by atoms with Crippen LogP contribution in [0.15, 0.2) is 60.8 Å². The summed E-state index contributed by atoms with van der Waals surface area (Å²) in [5, 5.41) is 20.6. The Labute approximate surface area is 188 Å². The van der Waals surface area contributed by atoms with Crippen molar-refractivity contribution >= 4 is 11.9 Å². The largest absolute Gasteiger partial charge is 0.480 e. The number of aliphatic hydroxyl groups is 1. The molecule has 0 unspecified atom stereocenters. The molecule has 0 aromatic carbocycles. The van der Waals surface area contributed by atoms with E-state index >= 15 is 0 Å². The zero-order chi connectivity index (χ0) is 23.2. The molecule has 0 aliphatic carbocycles. The summed E-state index contributed by atoms with van der Waals surface area (Å²) in [6.45, 7) is 3.49. The average Bonchev–Trinajstić information content (AvgIpc) is 2.73. The maximum atomic E-state index is 11.7. The van der Waals surface area contributed by atoms with Crippen LogP contribution in [-0.4, -0.2) is 34.2 Å². The lowest BCUT2D eigenvalue weighted by Crippen LogP contribution is -2.47. The Balaban J connectivity index is 3.64. The minimum Gasteiger partial charge on any atom is -0.480 e. The zero-order valence-electron chi connectivity index (χ0n) is 19.2. The van der Waals surface area contributed by atoms with E-state index in [2.05, 4.69) is 73.0 Å². The SMILES string of the molecule is CC/C=C\C/C=C\C/C=C\C/C=C\C/C=C\CCCCCC(=O)N[C@H](C(=O)O)[C@@H](C)O. The highest BCUT2D eigenvalue weighted by Gasteiger charge is 2.24. The van der Waals surface area contributed by atoms with E-state index in [1.54, 1.807) is 0 Å². The van der Waals surface area contributed by atoms with E-state index in [9.17, 15) is 14.7 Å². The number of allylic oxidation sites excluding steroid dienone is 10. The van der Waals surface area contributed by atoms with Gasteiger partial charge in [-0.15, -0.1) is 0 Å². The van der Waals surface area contributed by atoms with Crippen LogP contribution in [0, 0.1) is 0 Å². The van der Waals surface area contributed by atoms with Crippen molar-refractivity contribution in [3.63, 3.8) is 0 Å². The summed E-state index contributed by atoms with van der Waals surface area (Å²) < 4.78 is 0. The van der Waals surface area contributed by atoms with Crippen LogP contribution in [0.25, 0.3) is 0 Å². The minimum atomic E-state index is -1.24. The Kier molecular flexibility index (Phi) is 19.2. The fraction of sp³-hybridized carbons (Fsp3) is 0.538. The number of carboxylic acids is 1. The molecule has 0 heterocycles. The topological polar surface area (TPSA) is 86.6 Å². The molecule has 0 aromatic rings. The van der Waals surface area contributed by atoms with E-state index in [1.165, 1.54) is 6.92 Å². The monoisotopic (exact) mass is 431 g/mol. The van der Waals surface area contributed by atoms with E-state index in [4.69, 9.17) is 5.11 Å². The van der Waals surface area contributed by atoms with Crippen molar-refractivity contribution in [2.45, 2.75) is 90.2 Å². The summed E-state index contributed by atoms with van der Waals surface area (Å²) >= 11 is 0. The molecule has 0 saturated heterocycles. The third-order valence-electron chi connectivity index (χ3n) is 4.50. The van der Waals surface area contributed by atoms with Crippen molar-refractivity contribution in [2.75, 3.05) is 0 Å². The molecule has 0 fully saturated rings. The number of unbranched alkanes of at least 4 members (excludes halogenated alkanes) is 3. The van der Waals surface area contributed by atoms with Gasteiger partial charge in [0.1, 0.15) is 0 Å². The van der Waals surface area contributed by atoms with Gasteiger partial charge in [0.05, 0.1) is 6.10 Å². The van der Waals surface area contributed by atoms with Crippen LogP contribution in [0.5, 0.6) is 0 Å². The first-order valence-corrected chi connectivity index (χ1v) is 11.4. The van der Waals surface area contributed by atoms with E-state index in [-0.39, 0.29) is 12.3 Å². The molecule has 0 radical (unpaired) electrons. The maximum absolute atomic E-state index is 11.7. The van der Waals surface area contributed by atoms with Crippen LogP contribution in [-0.2, 0) is 9.59 Å². The molecule has 5 heteroatoms. The highest BCUT2D eigenvalue weighted by Crippen LogP contribution is 2.05. The number of rotatable bonds is 18. The quantitative estimate of drug-likeness (QED) is 0.194. The van der Waals surface area contributed by atoms with Crippen LogP contribution in [0.3, 0.4) is 0 Å². The summed E-state index contributed by atoms with van der Waals surface area (Å²) in [5.41, 5.74) is 0. The first-order valence-electron chi connectivity index (χ1n) is 11.4. The summed E-state index contributed by atoms with van der Waals surface area (Å²) in [5.74, 6) is -1.55. The second-order valence-corrected chi connectivity index (χ2v) is 7.43. The molecule has 0 spiro atoms. The molecule has 0 aliphatic rings. The lowest BCUT2D eigenvalue weighted by atomic mass is 10.1. The Morgan fingerprint density at radius 2 is 1.26 bits per heavy atom. The molecule has 31 heavy (non-hydrogen) atoms. The van der Waals surface area contributed by atoms with Gasteiger partial charge >= 0.3 is 5.97 Å². The average molecular weight is 432 g/mol. The number of carbonyl (C=O) groups is 2. The predicted molar refractivity (Wildman–Crippen MR) is 129 cm³/mol. The van der Waals surface area contributed by atoms with Crippen molar-refractivity contribution < 1.29 is 19.8 Å². The number of carboxylic acid groups (broad SMARTS) is 1. The van der Waals surface area contributed by atoms with Gasteiger partial charge in [0, 0.05) is 6.42 Å². The first kappa shape index (κ1) is 28.6. The normalized spacial score (nSPS) is 14.4. The van der Waals surface area contributed by atoms with Gasteiger partial charge in [-0.25, -0.2) is 4.79 Å². The fourth-order valence-electron chi connectivity index (χ4n) is 2.73. The van der Waals surface area contributed by atoms with Gasteiger partial charge in [0.2, 0.25) is 5.91 Å². The number of amides is 1. The third-order valence-corrected chi connectivity index (χ3v) is 4.50. The van der Waals surface area contributed by atoms with Crippen molar-refractivity contribution in [2.24, 2.45) is 0 Å². The Bertz CT molecular complexity index is 615. The van der Waals surface area contributed by atoms with Gasteiger partial charge in [0.25, 0.3) is 0 Å². The van der Waals surface area contributed by atoms with Gasteiger partial charge in [-0.2, -0.15) is 0 Å². The van der Waals surface area contributed by atoms with Gasteiger partial charge in [-0.05, 0) is 58.3 Å². The molecule has 0 aliphatic heterocycles. The zero-order valence-corrected chi connectivity index (χ0v) is 19.2. The van der Waals surface area contributed by atoms with Crippen molar-refractivity contribution in [3.05, 3.63) is 60.8 Å². The molecular weight excluding hydrogens is 390 g/mol. The van der Waals surface area contributed by atoms with Crippen molar-refractivity contribution in [1.82, 2.24) is 5.32 Å². The first-order chi connectivity index (χ1) is 15.0. The highest BCUT2D eigenvalue weighted by molar-refractivity contribution is 5.83. The standard InChI is InChI=1S/C26H41NO4/c1-3-4-5-6-7-8-9-10-11-12-13-14-15-16-17-18-19-20-21-22-24(29)27-25(23(2)28)26(30)31/h4-5,7-8,10-11,13-14,16-17,23,25,28H,3,6,9,12,15,18-22H2,1-2H3,(H,27,29)(H,30,31)/b5-4-,8-7-,11-10-,14-13-,17-16-/t23-,25+/m1/s1. The second kappa shape index (κ2) is 20.9. The van der Waals surface area contributed by atoms with Crippen LogP contribution < -0.4 is 5.32 Å². The molecule has 0 aromatic heterocycles. The maximum Gasteiger partial charge on any atom is 0.328 e. The van der Waals surface area contributed by atoms with Gasteiger partial charge < -0.3 is 15.5 Å². The number of aliphatic carboxylic acids is 1. The predicted octanol–water partition coefficient (Wildman–Crippen LogP) is 5.64. The Morgan fingerprint density at radius 3 is 1.71 bits per heavy atom. The lowest BCUT2D eigenvalue weighted by molar-refractivity contribution is -0.144. The molecule has 0 bridgehead atoms. The van der Waals surface area contributed by atoms with Crippen LogP contribution >= 0.6 is 0 Å². The fourth-order valence-corrected chi connectivity index (χ4v) is 2.73. The van der Waals surface area contributed by atoms with Crippen LogP contribution in [0.4, 0.5) is 0 Å². The minimum absolute atomic E-state index is 0.280. The molecule has 3 N–H and O–H groups in total. The lowest BCUT2D eigenvalue weighted by Gasteiger charge is -2.16. The molecule has 1 amide bonds. The number of nitrogens with one attached hydrogen (secondary N) is 1. The molecule has 0 saturated carbocycles. The highest BCUT2D eigenvalue weighted by atomic mass is 16.4. The van der Waals surface area contributed by atoms with E-state index in [0.29, 0.717) is 6.42 Å². The van der Waals surface area contributed by atoms with Gasteiger partial charge in [0.15, 0.2) is 6.04 Å². The number of carbonyl (C=O) groups excluding carboxylic acids is 1. The van der Waals surface area contributed by atoms with Crippen LogP contribution in [0.1, 0.15) is 78.1 Å².